The highest BCUT2D eigenvalue weighted by molar-refractivity contribution is 6.77. The SMILES string of the molecule is C/C(C[Si](C)(C)C)=C(/C)C[Si](C)(C)C. The molecule has 0 saturated heterocycles. The molecule has 0 fully saturated rings. The van der Waals surface area contributed by atoms with Gasteiger partial charge in [-0.3, -0.25) is 0 Å². The quantitative estimate of drug-likeness (QED) is 0.469. The van der Waals surface area contributed by atoms with Crippen LogP contribution in [0.5, 0.6) is 0 Å². The lowest BCUT2D eigenvalue weighted by molar-refractivity contribution is 1.17. The molecule has 0 aliphatic rings. The standard InChI is InChI=1S/C12H28Si2/c1-11(9-13(3,4)5)12(2)10-14(6,7)8/h9-10H2,1-8H3/b12-11+. The van der Waals surface area contributed by atoms with E-state index >= 15 is 0 Å². The third-order valence-electron chi connectivity index (χ3n) is 2.32. The van der Waals surface area contributed by atoms with Gasteiger partial charge in [0.1, 0.15) is 0 Å². The first-order valence-electron chi connectivity index (χ1n) is 5.66. The fourth-order valence-corrected chi connectivity index (χ4v) is 5.68. The Bertz CT molecular complexity index is 189. The molecule has 0 spiro atoms. The minimum absolute atomic E-state index is 0.901. The lowest BCUT2D eigenvalue weighted by Crippen LogP contribution is -2.22. The second kappa shape index (κ2) is 4.80. The van der Waals surface area contributed by atoms with Gasteiger partial charge in [0.2, 0.25) is 0 Å². The van der Waals surface area contributed by atoms with Crippen molar-refractivity contribution in [2.75, 3.05) is 0 Å². The molecule has 0 unspecified atom stereocenters. The van der Waals surface area contributed by atoms with Gasteiger partial charge in [0.25, 0.3) is 0 Å². The molecule has 0 aromatic rings. The molecule has 0 aromatic heterocycles. The first-order valence-corrected chi connectivity index (χ1v) is 13.1. The third-order valence-corrected chi connectivity index (χ3v) is 5.50. The van der Waals surface area contributed by atoms with E-state index in [-0.39, 0.29) is 0 Å². The molecule has 0 N–H and O–H groups in total. The molecule has 0 aromatic carbocycles. The largest absolute Gasteiger partial charge is 0.0773 e. The van der Waals surface area contributed by atoms with Crippen molar-refractivity contribution in [2.45, 2.75) is 65.2 Å². The van der Waals surface area contributed by atoms with Crippen LogP contribution in [0.3, 0.4) is 0 Å². The van der Waals surface area contributed by atoms with E-state index in [1.165, 1.54) is 12.1 Å². The summed E-state index contributed by atoms with van der Waals surface area (Å²) in [6.07, 6.45) is 0. The van der Waals surface area contributed by atoms with Crippen LogP contribution in [0.15, 0.2) is 11.1 Å². The van der Waals surface area contributed by atoms with Gasteiger partial charge in [-0.25, -0.2) is 0 Å². The Labute approximate surface area is 92.8 Å². The summed E-state index contributed by atoms with van der Waals surface area (Å²) in [5.74, 6) is 0. The van der Waals surface area contributed by atoms with Gasteiger partial charge in [-0.05, 0) is 25.9 Å². The average Bonchev–Trinajstić information content (AvgIpc) is 1.78. The molecule has 0 atom stereocenters. The molecule has 84 valence electrons. The monoisotopic (exact) mass is 228 g/mol. The van der Waals surface area contributed by atoms with E-state index in [2.05, 4.69) is 53.1 Å². The zero-order chi connectivity index (χ0) is 11.6. The van der Waals surface area contributed by atoms with E-state index in [1.54, 1.807) is 11.1 Å². The van der Waals surface area contributed by atoms with Gasteiger partial charge in [-0.15, -0.1) is 0 Å². The van der Waals surface area contributed by atoms with Crippen LogP contribution in [0.4, 0.5) is 0 Å². The molecular formula is C12H28Si2. The van der Waals surface area contributed by atoms with Crippen LogP contribution in [0.2, 0.25) is 51.4 Å². The van der Waals surface area contributed by atoms with E-state index < -0.39 is 16.1 Å². The first-order chi connectivity index (χ1) is 6.01. The van der Waals surface area contributed by atoms with Gasteiger partial charge in [0.15, 0.2) is 0 Å². The summed E-state index contributed by atoms with van der Waals surface area (Å²) in [6.45, 7) is 19.4. The fourth-order valence-electron chi connectivity index (χ4n) is 1.89. The summed E-state index contributed by atoms with van der Waals surface area (Å²) in [6, 6.07) is 2.76. The average molecular weight is 229 g/mol. The van der Waals surface area contributed by atoms with Crippen molar-refractivity contribution in [1.82, 2.24) is 0 Å². The smallest absolute Gasteiger partial charge is 0.0483 e. The molecule has 0 amide bonds. The summed E-state index contributed by atoms with van der Waals surface area (Å²) in [4.78, 5) is 0. The second-order valence-electron chi connectivity index (χ2n) is 7.04. The van der Waals surface area contributed by atoms with Gasteiger partial charge in [-0.2, -0.15) is 0 Å². The maximum Gasteiger partial charge on any atom is 0.0483 e. The molecule has 0 nitrogen and oxygen atoms in total. The third kappa shape index (κ3) is 7.57. The summed E-state index contributed by atoms with van der Waals surface area (Å²) in [5, 5.41) is 0. The van der Waals surface area contributed by atoms with Crippen LogP contribution in [0.1, 0.15) is 13.8 Å². The molecule has 0 rings (SSSR count). The molecule has 0 heterocycles. The molecule has 0 aliphatic heterocycles. The fraction of sp³-hybridized carbons (Fsp3) is 0.833. The molecule has 14 heavy (non-hydrogen) atoms. The first kappa shape index (κ1) is 14.2. The minimum atomic E-state index is -0.901. The van der Waals surface area contributed by atoms with E-state index in [4.69, 9.17) is 0 Å². The van der Waals surface area contributed by atoms with Crippen molar-refractivity contribution in [1.29, 1.82) is 0 Å². The Morgan fingerprint density at radius 3 is 1.00 bits per heavy atom. The predicted octanol–water partition coefficient (Wildman–Crippen LogP) is 5.00. The summed E-state index contributed by atoms with van der Waals surface area (Å²) in [5.41, 5.74) is 3.35. The lowest BCUT2D eigenvalue weighted by atomic mass is 10.2. The van der Waals surface area contributed by atoms with Crippen molar-refractivity contribution in [3.8, 4) is 0 Å². The van der Waals surface area contributed by atoms with Gasteiger partial charge < -0.3 is 0 Å². The summed E-state index contributed by atoms with van der Waals surface area (Å²) in [7, 11) is -1.80. The van der Waals surface area contributed by atoms with Crippen LogP contribution in [0.25, 0.3) is 0 Å². The van der Waals surface area contributed by atoms with Crippen molar-refractivity contribution in [3.05, 3.63) is 11.1 Å². The molecule has 0 saturated carbocycles. The maximum atomic E-state index is 2.46. The Kier molecular flexibility index (Phi) is 4.86. The summed E-state index contributed by atoms with van der Waals surface area (Å²) >= 11 is 0. The van der Waals surface area contributed by atoms with Crippen LogP contribution in [-0.2, 0) is 0 Å². The Balaban J connectivity index is 4.45. The molecule has 0 bridgehead atoms. The summed E-state index contributed by atoms with van der Waals surface area (Å²) < 4.78 is 0. The zero-order valence-electron chi connectivity index (χ0n) is 11.4. The van der Waals surface area contributed by atoms with Crippen molar-refractivity contribution >= 4 is 16.1 Å². The van der Waals surface area contributed by atoms with E-state index in [9.17, 15) is 0 Å². The van der Waals surface area contributed by atoms with Crippen LogP contribution >= 0.6 is 0 Å². The molecule has 0 radical (unpaired) electrons. The number of hydrogen-bond donors (Lipinski definition) is 0. The van der Waals surface area contributed by atoms with Crippen LogP contribution < -0.4 is 0 Å². The second-order valence-corrected chi connectivity index (χ2v) is 18.0. The topological polar surface area (TPSA) is 0 Å². The molecule has 0 aliphatic carbocycles. The highest BCUT2D eigenvalue weighted by atomic mass is 28.3. The lowest BCUT2D eigenvalue weighted by Gasteiger charge is -2.22. The number of hydrogen-bond acceptors (Lipinski definition) is 0. The number of allylic oxidation sites excluding steroid dienone is 2. The van der Waals surface area contributed by atoms with E-state index in [1.807, 2.05) is 0 Å². The minimum Gasteiger partial charge on any atom is -0.0773 e. The van der Waals surface area contributed by atoms with Gasteiger partial charge in [0.05, 0.1) is 0 Å². The Morgan fingerprint density at radius 2 is 0.857 bits per heavy atom. The van der Waals surface area contributed by atoms with Crippen molar-refractivity contribution < 1.29 is 0 Å². The zero-order valence-corrected chi connectivity index (χ0v) is 13.4. The van der Waals surface area contributed by atoms with Crippen LogP contribution in [-0.4, -0.2) is 16.1 Å². The molecule has 2 heteroatoms. The van der Waals surface area contributed by atoms with Gasteiger partial charge >= 0.3 is 0 Å². The highest BCUT2D eigenvalue weighted by Crippen LogP contribution is 2.24. The Morgan fingerprint density at radius 1 is 0.643 bits per heavy atom. The van der Waals surface area contributed by atoms with Gasteiger partial charge in [0, 0.05) is 16.1 Å². The highest BCUT2D eigenvalue weighted by Gasteiger charge is 2.18. The van der Waals surface area contributed by atoms with Gasteiger partial charge in [-0.1, -0.05) is 50.4 Å². The maximum absolute atomic E-state index is 2.46. The van der Waals surface area contributed by atoms with Crippen LogP contribution in [0, 0.1) is 0 Å². The number of rotatable bonds is 4. The van der Waals surface area contributed by atoms with E-state index in [0.29, 0.717) is 0 Å². The van der Waals surface area contributed by atoms with Crippen molar-refractivity contribution in [3.63, 3.8) is 0 Å². The van der Waals surface area contributed by atoms with Crippen molar-refractivity contribution in [2.24, 2.45) is 0 Å². The van der Waals surface area contributed by atoms with E-state index in [0.717, 1.165) is 0 Å². The predicted molar refractivity (Wildman–Crippen MR) is 74.7 cm³/mol. The normalized spacial score (nSPS) is 15.4. The molecular weight excluding hydrogens is 200 g/mol. The Hall–Kier alpha value is 0.174.